The first-order chi connectivity index (χ1) is 7.38. The maximum atomic E-state index is 3.20. The van der Waals surface area contributed by atoms with Crippen LogP contribution in [0.15, 0.2) is 24.3 Å². The van der Waals surface area contributed by atoms with Gasteiger partial charge in [0, 0.05) is 0 Å². The van der Waals surface area contributed by atoms with Crippen molar-refractivity contribution in [1.29, 1.82) is 0 Å². The van der Waals surface area contributed by atoms with Gasteiger partial charge in [-0.2, -0.15) is 0 Å². The van der Waals surface area contributed by atoms with Crippen LogP contribution in [0.5, 0.6) is 0 Å². The number of hydrogen-bond acceptors (Lipinski definition) is 1. The van der Waals surface area contributed by atoms with Crippen LogP contribution < -0.4 is 26.0 Å². The molecule has 1 nitrogen and oxygen atoms in total. The molecule has 0 saturated heterocycles. The molecule has 0 aliphatic heterocycles. The molecule has 2 rings (SSSR count). The van der Waals surface area contributed by atoms with Crippen molar-refractivity contribution in [1.82, 2.24) is 0 Å². The molecule has 0 bridgehead atoms. The third-order valence-electron chi connectivity index (χ3n) is 2.75. The van der Waals surface area contributed by atoms with Crippen LogP contribution in [0.4, 0.5) is 5.69 Å². The zero-order valence-electron chi connectivity index (χ0n) is 9.09. The first-order valence-electron chi connectivity index (χ1n) is 5.50. The van der Waals surface area contributed by atoms with E-state index in [0.29, 0.717) is 20.7 Å². The van der Waals surface area contributed by atoms with E-state index >= 15 is 0 Å². The molecule has 0 heterocycles. The molecule has 1 aliphatic carbocycles. The Bertz CT molecular complexity index is 312. The molecule has 1 aliphatic rings. The molecule has 1 atom stereocenters. The van der Waals surface area contributed by atoms with E-state index in [-0.39, 0.29) is 0 Å². The van der Waals surface area contributed by atoms with Gasteiger partial charge in [0.1, 0.15) is 0 Å². The summed E-state index contributed by atoms with van der Waals surface area (Å²) in [6.45, 7) is 0. The molecule has 84 valence electrons. The minimum absolute atomic E-state index is 0.516. The number of halogens is 1. The zero-order chi connectivity index (χ0) is 10.5. The van der Waals surface area contributed by atoms with E-state index in [1.54, 1.807) is 0 Å². The van der Waals surface area contributed by atoms with Crippen LogP contribution in [0.25, 0.3) is 0 Å². The Morgan fingerprint density at radius 1 is 1.47 bits per heavy atom. The maximum absolute atomic E-state index is 3.20. The van der Waals surface area contributed by atoms with Gasteiger partial charge in [-0.25, -0.2) is 0 Å². The van der Waals surface area contributed by atoms with Crippen molar-refractivity contribution in [2.75, 3.05) is 12.4 Å². The monoisotopic (exact) mass is 334 g/mol. The van der Waals surface area contributed by atoms with Crippen molar-refractivity contribution in [3.8, 4) is 0 Å². The van der Waals surface area contributed by atoms with Crippen LogP contribution in [-0.2, 0) is 6.16 Å². The van der Waals surface area contributed by atoms with E-state index < -0.39 is 0 Å². The molecular weight excluding hydrogens is 316 g/mol. The van der Waals surface area contributed by atoms with Gasteiger partial charge in [0.2, 0.25) is 0 Å². The van der Waals surface area contributed by atoms with E-state index in [1.807, 2.05) is 7.05 Å². The molecule has 1 aromatic carbocycles. The SMILES string of the molecule is CNc1cccc(CP[I-]C2CCC2)c1. The summed E-state index contributed by atoms with van der Waals surface area (Å²) in [7, 11) is 1.99. The predicted molar refractivity (Wildman–Crippen MR) is 65.6 cm³/mol. The number of rotatable bonds is 5. The first-order valence-corrected chi connectivity index (χ1v) is 11.1. The molecule has 0 amide bonds. The Kier molecular flexibility index (Phi) is 4.70. The molecule has 1 saturated carbocycles. The Labute approximate surface area is 104 Å². The molecular formula is C12H18INP-. The van der Waals surface area contributed by atoms with Crippen LogP contribution in [0.3, 0.4) is 0 Å². The average Bonchev–Trinajstić information content (AvgIpc) is 2.22. The summed E-state index contributed by atoms with van der Waals surface area (Å²) in [4.78, 5) is 0. The van der Waals surface area contributed by atoms with E-state index in [4.69, 9.17) is 0 Å². The third-order valence-corrected chi connectivity index (χ3v) is 10.1. The number of hydrogen-bond donors (Lipinski definition) is 1. The second-order valence-corrected chi connectivity index (χ2v) is 10.7. The van der Waals surface area contributed by atoms with E-state index in [9.17, 15) is 0 Å². The summed E-state index contributed by atoms with van der Waals surface area (Å²) in [6, 6.07) is 8.84. The van der Waals surface area contributed by atoms with Gasteiger partial charge in [-0.05, 0) is 0 Å². The minimum atomic E-state index is 0.516. The number of anilines is 1. The van der Waals surface area contributed by atoms with Crippen LogP contribution in [0.1, 0.15) is 24.8 Å². The van der Waals surface area contributed by atoms with Crippen molar-refractivity contribution in [2.24, 2.45) is 0 Å². The van der Waals surface area contributed by atoms with Crippen molar-refractivity contribution in [2.45, 2.75) is 29.3 Å². The van der Waals surface area contributed by atoms with Gasteiger partial charge >= 0.3 is 104 Å². The fourth-order valence-electron chi connectivity index (χ4n) is 1.53. The van der Waals surface area contributed by atoms with Crippen LogP contribution in [0, 0.1) is 0 Å². The van der Waals surface area contributed by atoms with E-state index in [2.05, 4.69) is 29.6 Å². The van der Waals surface area contributed by atoms with Crippen LogP contribution in [-0.4, -0.2) is 11.0 Å². The van der Waals surface area contributed by atoms with E-state index in [1.165, 1.54) is 46.8 Å². The standard InChI is InChI=1S/C12H18INP/c1-14-12-7-2-4-10(8-12)9-15-13-11-5-3-6-11/h2,4,7-8,11,14-15H,3,5-6,9H2,1H3/q-1. The van der Waals surface area contributed by atoms with Crippen molar-refractivity contribution >= 4 is 11.9 Å². The summed E-state index contributed by atoms with van der Waals surface area (Å²) in [6.07, 6.45) is 7.13. The number of nitrogens with one attached hydrogen (secondary N) is 1. The van der Waals surface area contributed by atoms with Crippen molar-refractivity contribution in [3.05, 3.63) is 29.8 Å². The summed E-state index contributed by atoms with van der Waals surface area (Å²) in [5, 5.41) is 3.20. The van der Waals surface area contributed by atoms with Gasteiger partial charge in [-0.15, -0.1) is 0 Å². The fraction of sp³-hybridized carbons (Fsp3) is 0.500. The van der Waals surface area contributed by atoms with Crippen molar-refractivity contribution in [3.63, 3.8) is 0 Å². The Balaban J connectivity index is 1.76. The molecule has 1 fully saturated rings. The first kappa shape index (κ1) is 11.7. The summed E-state index contributed by atoms with van der Waals surface area (Å²) < 4.78 is 1.18. The summed E-state index contributed by atoms with van der Waals surface area (Å²) in [5.41, 5.74) is 2.76. The molecule has 0 radical (unpaired) electrons. The predicted octanol–water partition coefficient (Wildman–Crippen LogP) is 0.463. The second kappa shape index (κ2) is 6.05. The Morgan fingerprint density at radius 2 is 2.33 bits per heavy atom. The van der Waals surface area contributed by atoms with Crippen LogP contribution >= 0.6 is 6.22 Å². The van der Waals surface area contributed by atoms with E-state index in [0.717, 1.165) is 0 Å². The fourth-order valence-corrected chi connectivity index (χ4v) is 9.02. The Morgan fingerprint density at radius 3 is 3.00 bits per heavy atom. The zero-order valence-corrected chi connectivity index (χ0v) is 12.3. The molecule has 0 spiro atoms. The molecule has 15 heavy (non-hydrogen) atoms. The van der Waals surface area contributed by atoms with Gasteiger partial charge in [-0.3, -0.25) is 0 Å². The average molecular weight is 334 g/mol. The van der Waals surface area contributed by atoms with Gasteiger partial charge in [0.15, 0.2) is 0 Å². The van der Waals surface area contributed by atoms with Gasteiger partial charge < -0.3 is 0 Å². The quantitative estimate of drug-likeness (QED) is 0.469. The number of alkyl halides is 1. The second-order valence-electron chi connectivity index (χ2n) is 3.90. The van der Waals surface area contributed by atoms with Gasteiger partial charge in [-0.1, -0.05) is 0 Å². The molecule has 3 heteroatoms. The molecule has 1 unspecified atom stereocenters. The molecule has 1 N–H and O–H groups in total. The van der Waals surface area contributed by atoms with Crippen LogP contribution in [0.2, 0.25) is 0 Å². The topological polar surface area (TPSA) is 12.0 Å². The summed E-state index contributed by atoms with van der Waals surface area (Å²) >= 11 is 0.516. The third kappa shape index (κ3) is 3.60. The summed E-state index contributed by atoms with van der Waals surface area (Å²) in [5.74, 6) is 0. The normalized spacial score (nSPS) is 17.1. The van der Waals surface area contributed by atoms with Gasteiger partial charge in [0.25, 0.3) is 0 Å². The van der Waals surface area contributed by atoms with Crippen molar-refractivity contribution < 1.29 is 20.7 Å². The Hall–Kier alpha value is 0.180. The van der Waals surface area contributed by atoms with Gasteiger partial charge in [0.05, 0.1) is 0 Å². The number of benzene rings is 1. The molecule has 1 aromatic rings. The molecule has 0 aromatic heterocycles.